The molecule has 7 nitrogen and oxygen atoms in total. The minimum atomic E-state index is -1.17. The van der Waals surface area contributed by atoms with E-state index >= 15 is 0 Å². The summed E-state index contributed by atoms with van der Waals surface area (Å²) in [4.78, 5) is 33.9. The van der Waals surface area contributed by atoms with Crippen molar-refractivity contribution in [2.24, 2.45) is 5.73 Å². The highest BCUT2D eigenvalue weighted by Crippen LogP contribution is 2.17. The predicted octanol–water partition coefficient (Wildman–Crippen LogP) is -0.489. The third-order valence-corrected chi connectivity index (χ3v) is 2.64. The topological polar surface area (TPSA) is 113 Å². The number of hydrogen-bond acceptors (Lipinski definition) is 3. The molecule has 0 heterocycles. The van der Waals surface area contributed by atoms with Crippen LogP contribution in [0.5, 0.6) is 0 Å². The van der Waals surface area contributed by atoms with Crippen molar-refractivity contribution in [3.05, 3.63) is 0 Å². The Morgan fingerprint density at radius 3 is 2.29 bits per heavy atom. The Labute approximate surface area is 98.9 Å². The Kier molecular flexibility index (Phi) is 4.74. The van der Waals surface area contributed by atoms with Gasteiger partial charge in [0.25, 0.3) is 0 Å². The number of amides is 3. The molecule has 7 heteroatoms. The Morgan fingerprint density at radius 1 is 1.24 bits per heavy atom. The molecule has 0 aromatic heterocycles. The van der Waals surface area contributed by atoms with Crippen LogP contribution in [0.3, 0.4) is 0 Å². The zero-order valence-electron chi connectivity index (χ0n) is 9.52. The number of nitrogens with zero attached hydrogens (tertiary/aromatic N) is 1. The first-order valence-electron chi connectivity index (χ1n) is 5.54. The summed E-state index contributed by atoms with van der Waals surface area (Å²) < 4.78 is 0. The number of carbonyl (C=O) groups excluding carboxylic acids is 2. The molecule has 0 aliphatic heterocycles. The molecule has 0 saturated heterocycles. The second-order valence-electron chi connectivity index (χ2n) is 4.15. The summed E-state index contributed by atoms with van der Waals surface area (Å²) in [6, 6.07) is -0.468. The van der Waals surface area contributed by atoms with Gasteiger partial charge in [0.05, 0.1) is 0 Å². The normalized spacial score (nSPS) is 15.5. The minimum absolute atomic E-state index is 0.0756. The molecule has 17 heavy (non-hydrogen) atoms. The summed E-state index contributed by atoms with van der Waals surface area (Å²) in [5.74, 6) is -1.90. The summed E-state index contributed by atoms with van der Waals surface area (Å²) in [7, 11) is 0. The Bertz CT molecular complexity index is 297. The highest BCUT2D eigenvalue weighted by atomic mass is 16.4. The van der Waals surface area contributed by atoms with E-state index in [2.05, 4.69) is 5.32 Å². The van der Waals surface area contributed by atoms with Crippen LogP contribution in [0.1, 0.15) is 25.7 Å². The predicted molar refractivity (Wildman–Crippen MR) is 59.2 cm³/mol. The minimum Gasteiger partial charge on any atom is -0.480 e. The van der Waals surface area contributed by atoms with Crippen molar-refractivity contribution < 1.29 is 19.5 Å². The van der Waals surface area contributed by atoms with Crippen molar-refractivity contribution in [3.8, 4) is 0 Å². The van der Waals surface area contributed by atoms with Crippen LogP contribution in [0.4, 0.5) is 4.79 Å². The average Bonchev–Trinajstić information content (AvgIpc) is 2.67. The van der Waals surface area contributed by atoms with Crippen molar-refractivity contribution >= 4 is 17.9 Å². The summed E-state index contributed by atoms with van der Waals surface area (Å²) in [5.41, 5.74) is 4.96. The lowest BCUT2D eigenvalue weighted by molar-refractivity contribution is -0.137. The maximum atomic E-state index is 11.7. The van der Waals surface area contributed by atoms with Gasteiger partial charge in [-0.25, -0.2) is 4.79 Å². The number of primary amides is 1. The molecule has 0 atom stereocenters. The van der Waals surface area contributed by atoms with Crippen LogP contribution >= 0.6 is 0 Å². The number of aliphatic carboxylic acids is 1. The summed E-state index contributed by atoms with van der Waals surface area (Å²) in [5, 5.41) is 11.3. The van der Waals surface area contributed by atoms with Crippen LogP contribution in [-0.2, 0) is 9.59 Å². The van der Waals surface area contributed by atoms with Crippen LogP contribution < -0.4 is 11.1 Å². The standard InChI is InChI=1S/C10H17N3O4/c11-8(14)5-13(6-9(15)16)10(17)12-7-3-1-2-4-7/h7H,1-6H2,(H2,11,14)(H,12,17)(H,15,16). The molecule has 1 fully saturated rings. The highest BCUT2D eigenvalue weighted by Gasteiger charge is 2.23. The van der Waals surface area contributed by atoms with Crippen molar-refractivity contribution in [1.82, 2.24) is 10.2 Å². The number of carbonyl (C=O) groups is 3. The van der Waals surface area contributed by atoms with Gasteiger partial charge in [-0.3, -0.25) is 9.59 Å². The Hall–Kier alpha value is -1.79. The molecule has 0 bridgehead atoms. The number of carboxylic acids is 1. The first kappa shape index (κ1) is 13.3. The molecule has 0 aromatic rings. The molecule has 0 spiro atoms. The van der Waals surface area contributed by atoms with E-state index in [9.17, 15) is 14.4 Å². The van der Waals surface area contributed by atoms with E-state index in [1.165, 1.54) is 0 Å². The summed E-state index contributed by atoms with van der Waals surface area (Å²) in [6.07, 6.45) is 3.89. The van der Waals surface area contributed by atoms with Gasteiger partial charge in [0.15, 0.2) is 0 Å². The van der Waals surface area contributed by atoms with Gasteiger partial charge in [-0.2, -0.15) is 0 Å². The molecule has 1 aliphatic carbocycles. The van der Waals surface area contributed by atoms with E-state index in [-0.39, 0.29) is 12.6 Å². The monoisotopic (exact) mass is 243 g/mol. The largest absolute Gasteiger partial charge is 0.480 e. The van der Waals surface area contributed by atoms with Crippen molar-refractivity contribution in [3.63, 3.8) is 0 Å². The number of urea groups is 1. The van der Waals surface area contributed by atoms with E-state index in [1.54, 1.807) is 0 Å². The van der Waals surface area contributed by atoms with E-state index in [0.717, 1.165) is 30.6 Å². The zero-order chi connectivity index (χ0) is 12.8. The molecular formula is C10H17N3O4. The maximum Gasteiger partial charge on any atom is 0.323 e. The molecule has 0 aromatic carbocycles. The van der Waals surface area contributed by atoms with Gasteiger partial charge in [-0.15, -0.1) is 0 Å². The van der Waals surface area contributed by atoms with Crippen LogP contribution in [0.25, 0.3) is 0 Å². The van der Waals surface area contributed by atoms with E-state index in [4.69, 9.17) is 10.8 Å². The zero-order valence-corrected chi connectivity index (χ0v) is 9.52. The lowest BCUT2D eigenvalue weighted by Crippen LogP contribution is -2.49. The second kappa shape index (κ2) is 6.07. The van der Waals surface area contributed by atoms with Gasteiger partial charge in [0.2, 0.25) is 5.91 Å². The molecule has 96 valence electrons. The van der Waals surface area contributed by atoms with Gasteiger partial charge in [-0.05, 0) is 12.8 Å². The SMILES string of the molecule is NC(=O)CN(CC(=O)O)C(=O)NC1CCCC1. The highest BCUT2D eigenvalue weighted by molar-refractivity contribution is 5.86. The van der Waals surface area contributed by atoms with Gasteiger partial charge >= 0.3 is 12.0 Å². The molecule has 1 aliphatic rings. The number of nitrogens with two attached hydrogens (primary N) is 1. The Balaban J connectivity index is 2.51. The van der Waals surface area contributed by atoms with Crippen LogP contribution in [-0.4, -0.2) is 47.0 Å². The maximum absolute atomic E-state index is 11.7. The fourth-order valence-corrected chi connectivity index (χ4v) is 1.89. The number of carboxylic acid groups (broad SMARTS) is 1. The van der Waals surface area contributed by atoms with Crippen molar-refractivity contribution in [2.75, 3.05) is 13.1 Å². The molecule has 0 unspecified atom stereocenters. The van der Waals surface area contributed by atoms with Gasteiger partial charge in [0, 0.05) is 6.04 Å². The third-order valence-electron chi connectivity index (χ3n) is 2.64. The second-order valence-corrected chi connectivity index (χ2v) is 4.15. The van der Waals surface area contributed by atoms with Crippen molar-refractivity contribution in [2.45, 2.75) is 31.7 Å². The molecule has 3 amide bonds. The van der Waals surface area contributed by atoms with E-state index in [0.29, 0.717) is 0 Å². The Morgan fingerprint density at radius 2 is 1.82 bits per heavy atom. The molecule has 0 radical (unpaired) electrons. The van der Waals surface area contributed by atoms with Crippen LogP contribution in [0.2, 0.25) is 0 Å². The lowest BCUT2D eigenvalue weighted by atomic mass is 10.2. The van der Waals surface area contributed by atoms with Crippen LogP contribution in [0, 0.1) is 0 Å². The lowest BCUT2D eigenvalue weighted by Gasteiger charge is -2.22. The first-order valence-corrected chi connectivity index (χ1v) is 5.54. The van der Waals surface area contributed by atoms with Gasteiger partial charge in [-0.1, -0.05) is 12.8 Å². The average molecular weight is 243 g/mol. The fraction of sp³-hybridized carbons (Fsp3) is 0.700. The number of rotatable bonds is 5. The molecule has 1 saturated carbocycles. The van der Waals surface area contributed by atoms with Crippen LogP contribution in [0.15, 0.2) is 0 Å². The first-order chi connectivity index (χ1) is 7.99. The number of nitrogens with one attached hydrogen (secondary N) is 1. The number of hydrogen-bond donors (Lipinski definition) is 3. The quantitative estimate of drug-likeness (QED) is 0.604. The van der Waals surface area contributed by atoms with Gasteiger partial charge in [0.1, 0.15) is 13.1 Å². The van der Waals surface area contributed by atoms with E-state index < -0.39 is 24.5 Å². The third kappa shape index (κ3) is 4.71. The van der Waals surface area contributed by atoms with Crippen molar-refractivity contribution in [1.29, 1.82) is 0 Å². The fourth-order valence-electron chi connectivity index (χ4n) is 1.89. The summed E-state index contributed by atoms with van der Waals surface area (Å²) in [6.45, 7) is -0.910. The molecule has 1 rings (SSSR count). The van der Waals surface area contributed by atoms with E-state index in [1.807, 2.05) is 0 Å². The summed E-state index contributed by atoms with van der Waals surface area (Å²) >= 11 is 0. The smallest absolute Gasteiger partial charge is 0.323 e. The molecular weight excluding hydrogens is 226 g/mol. The van der Waals surface area contributed by atoms with Gasteiger partial charge < -0.3 is 21.1 Å². The molecule has 4 N–H and O–H groups in total.